The quantitative estimate of drug-likeness (QED) is 0.256. The minimum Gasteiger partial charge on any atom is -0.493 e. The zero-order valence-electron chi connectivity index (χ0n) is 17.5. The maximum absolute atomic E-state index is 5.45. The van der Waals surface area contributed by atoms with Crippen molar-refractivity contribution in [1.29, 1.82) is 0 Å². The van der Waals surface area contributed by atoms with E-state index in [4.69, 9.17) is 19.3 Å². The molecule has 1 aliphatic rings. The van der Waals surface area contributed by atoms with Crippen molar-refractivity contribution in [2.45, 2.75) is 38.7 Å². The number of hydrogen-bond acceptors (Lipinski definition) is 8. The molecule has 3 aromatic heterocycles. The zero-order chi connectivity index (χ0) is 21.2. The highest BCUT2D eigenvalue weighted by molar-refractivity contribution is 7.19. The van der Waals surface area contributed by atoms with Crippen molar-refractivity contribution in [1.82, 2.24) is 19.6 Å². The lowest BCUT2D eigenvalue weighted by Gasteiger charge is -2.07. The average molecular weight is 438 g/mol. The first-order chi connectivity index (χ1) is 15.3. The Balaban J connectivity index is 1.35. The van der Waals surface area contributed by atoms with Gasteiger partial charge in [0.2, 0.25) is 0 Å². The first-order valence-corrected chi connectivity index (χ1v) is 11.1. The highest BCUT2D eigenvalue weighted by Gasteiger charge is 2.20. The summed E-state index contributed by atoms with van der Waals surface area (Å²) in [6.45, 7) is 0.180. The van der Waals surface area contributed by atoms with Gasteiger partial charge >= 0.3 is 0 Å². The van der Waals surface area contributed by atoms with Gasteiger partial charge in [0.1, 0.15) is 11.2 Å². The number of aromatic nitrogens is 4. The normalized spacial score (nSPS) is 14.1. The molecule has 31 heavy (non-hydrogen) atoms. The maximum Gasteiger partial charge on any atom is 0.192 e. The number of rotatable bonds is 6. The molecule has 0 saturated carbocycles. The molecule has 1 aliphatic carbocycles. The van der Waals surface area contributed by atoms with Crippen LogP contribution in [-0.4, -0.2) is 40.0 Å². The summed E-state index contributed by atoms with van der Waals surface area (Å²) in [5.41, 5.74) is 3.10. The van der Waals surface area contributed by atoms with Crippen LogP contribution in [0.4, 0.5) is 0 Å². The largest absolute Gasteiger partial charge is 0.493 e. The molecule has 0 fully saturated rings. The lowest BCUT2D eigenvalue weighted by Crippen LogP contribution is -1.94. The summed E-state index contributed by atoms with van der Waals surface area (Å²) in [5.74, 6) is 1.88. The third kappa shape index (κ3) is 3.81. The van der Waals surface area contributed by atoms with Crippen molar-refractivity contribution in [3.05, 3.63) is 46.4 Å². The molecule has 0 amide bonds. The summed E-state index contributed by atoms with van der Waals surface area (Å²) in [7, 11) is 3.20. The number of methoxy groups -OCH3 is 2. The van der Waals surface area contributed by atoms with Gasteiger partial charge in [-0.3, -0.25) is 0 Å². The second-order valence-corrected chi connectivity index (χ2v) is 8.49. The molecule has 9 heteroatoms. The minimum absolute atomic E-state index is 0.180. The highest BCUT2D eigenvalue weighted by Crippen LogP contribution is 2.36. The van der Waals surface area contributed by atoms with Gasteiger partial charge in [0, 0.05) is 10.4 Å². The van der Waals surface area contributed by atoms with E-state index >= 15 is 0 Å². The number of benzene rings is 1. The molecule has 3 heterocycles. The average Bonchev–Trinajstić information content (AvgIpc) is 3.29. The minimum atomic E-state index is 0.180. The Morgan fingerprint density at radius 3 is 2.87 bits per heavy atom. The Morgan fingerprint density at radius 2 is 2.00 bits per heavy atom. The molecule has 5 rings (SSSR count). The molecule has 1 aromatic carbocycles. The van der Waals surface area contributed by atoms with E-state index in [2.05, 4.69) is 15.2 Å². The van der Waals surface area contributed by atoms with Crippen molar-refractivity contribution in [3.63, 3.8) is 0 Å². The van der Waals surface area contributed by atoms with E-state index in [9.17, 15) is 0 Å². The van der Waals surface area contributed by atoms with Crippen LogP contribution >= 0.6 is 11.3 Å². The molecule has 8 nitrogen and oxygen atoms in total. The predicted octanol–water partition coefficient (Wildman–Crippen LogP) is 4.18. The number of hydrogen-bond donors (Lipinski definition) is 0. The Bertz CT molecular complexity index is 1260. The summed E-state index contributed by atoms with van der Waals surface area (Å²) in [5, 5.41) is 9.72. The van der Waals surface area contributed by atoms with Crippen LogP contribution in [0.25, 0.3) is 15.9 Å². The Hall–Kier alpha value is -3.20. The molecular weight excluding hydrogens is 414 g/mol. The van der Waals surface area contributed by atoms with Gasteiger partial charge in [0.05, 0.1) is 25.8 Å². The number of nitrogens with zero attached hydrogens (tertiary/aromatic N) is 5. The van der Waals surface area contributed by atoms with Crippen molar-refractivity contribution >= 4 is 33.4 Å². The summed E-state index contributed by atoms with van der Waals surface area (Å²) in [6, 6.07) is 5.54. The first kappa shape index (κ1) is 19.7. The smallest absolute Gasteiger partial charge is 0.192 e. The number of oxime groups is 1. The van der Waals surface area contributed by atoms with Crippen molar-refractivity contribution in [2.75, 3.05) is 14.2 Å². The van der Waals surface area contributed by atoms with Gasteiger partial charge in [-0.1, -0.05) is 11.6 Å². The van der Waals surface area contributed by atoms with Crippen LogP contribution in [0.1, 0.15) is 41.1 Å². The fraction of sp³-hybridized carbons (Fsp3) is 0.364. The molecule has 0 unspecified atom stereocenters. The Labute approximate surface area is 183 Å². The van der Waals surface area contributed by atoms with Crippen molar-refractivity contribution in [3.8, 4) is 11.5 Å². The molecular formula is C22H23N5O3S. The summed E-state index contributed by atoms with van der Waals surface area (Å²) >= 11 is 1.80. The number of fused-ring (bicyclic) bond motifs is 5. The van der Waals surface area contributed by atoms with Gasteiger partial charge in [-0.05, 0) is 49.4 Å². The van der Waals surface area contributed by atoms with E-state index < -0.39 is 0 Å². The van der Waals surface area contributed by atoms with Gasteiger partial charge in [-0.15, -0.1) is 16.4 Å². The van der Waals surface area contributed by atoms with E-state index in [0.717, 1.165) is 34.3 Å². The molecule has 0 atom stereocenters. The SMILES string of the molecule is COc1ccc(C=NOCc2nc3c4c5c(sc4ncn3n2)CCCCC5)cc1OC. The molecule has 0 saturated heterocycles. The molecule has 0 aliphatic heterocycles. The number of thiophene rings is 1. The topological polar surface area (TPSA) is 83.1 Å². The lowest BCUT2D eigenvalue weighted by atomic mass is 10.1. The molecule has 0 spiro atoms. The second kappa shape index (κ2) is 8.50. The van der Waals surface area contributed by atoms with Gasteiger partial charge in [0.15, 0.2) is 29.6 Å². The van der Waals surface area contributed by atoms with Gasteiger partial charge < -0.3 is 14.3 Å². The van der Waals surface area contributed by atoms with Crippen LogP contribution in [0.3, 0.4) is 0 Å². The Kier molecular flexibility index (Phi) is 5.42. The fourth-order valence-corrected chi connectivity index (χ4v) is 5.19. The van der Waals surface area contributed by atoms with Gasteiger partial charge in [-0.2, -0.15) is 0 Å². The van der Waals surface area contributed by atoms with Gasteiger partial charge in [-0.25, -0.2) is 14.5 Å². The summed E-state index contributed by atoms with van der Waals surface area (Å²) in [4.78, 5) is 17.3. The predicted molar refractivity (Wildman–Crippen MR) is 119 cm³/mol. The number of aryl methyl sites for hydroxylation is 2. The number of ether oxygens (including phenoxy) is 2. The molecule has 0 N–H and O–H groups in total. The third-order valence-electron chi connectivity index (χ3n) is 5.46. The second-order valence-electron chi connectivity index (χ2n) is 7.41. The van der Waals surface area contributed by atoms with Crippen LogP contribution in [0.15, 0.2) is 29.7 Å². The van der Waals surface area contributed by atoms with Crippen LogP contribution in [0, 0.1) is 0 Å². The zero-order valence-corrected chi connectivity index (χ0v) is 18.3. The van der Waals surface area contributed by atoms with Crippen LogP contribution in [0.5, 0.6) is 11.5 Å². The molecule has 0 radical (unpaired) electrons. The van der Waals surface area contributed by atoms with E-state index in [0.29, 0.717) is 17.3 Å². The maximum atomic E-state index is 5.45. The van der Waals surface area contributed by atoms with Crippen LogP contribution in [-0.2, 0) is 24.3 Å². The lowest BCUT2D eigenvalue weighted by molar-refractivity contribution is 0.126. The summed E-state index contributed by atoms with van der Waals surface area (Å²) in [6.07, 6.45) is 9.33. The van der Waals surface area contributed by atoms with E-state index in [1.165, 1.54) is 29.7 Å². The molecule has 0 bridgehead atoms. The summed E-state index contributed by atoms with van der Waals surface area (Å²) < 4.78 is 12.3. The third-order valence-corrected chi connectivity index (χ3v) is 6.66. The highest BCUT2D eigenvalue weighted by atomic mass is 32.1. The standard InChI is InChI=1S/C22H23N5O3S/c1-28-16-9-8-14(10-17(16)29-2)11-24-30-12-19-25-21-20-15-6-4-3-5-7-18(15)31-22(20)23-13-27(21)26-19/h8-11,13H,3-7,12H2,1-2H3. The van der Waals surface area contributed by atoms with Crippen LogP contribution < -0.4 is 9.47 Å². The molecule has 4 aromatic rings. The van der Waals surface area contributed by atoms with Crippen molar-refractivity contribution < 1.29 is 14.3 Å². The van der Waals surface area contributed by atoms with E-state index in [1.807, 2.05) is 18.2 Å². The van der Waals surface area contributed by atoms with Gasteiger partial charge in [0.25, 0.3) is 0 Å². The van der Waals surface area contributed by atoms with Crippen molar-refractivity contribution in [2.24, 2.45) is 5.16 Å². The van der Waals surface area contributed by atoms with E-state index in [-0.39, 0.29) is 6.61 Å². The Morgan fingerprint density at radius 1 is 1.13 bits per heavy atom. The first-order valence-electron chi connectivity index (χ1n) is 10.3. The van der Waals surface area contributed by atoms with Crippen LogP contribution in [0.2, 0.25) is 0 Å². The monoisotopic (exact) mass is 437 g/mol. The molecule has 160 valence electrons. The fourth-order valence-electron chi connectivity index (χ4n) is 3.96. The van der Waals surface area contributed by atoms with E-state index in [1.54, 1.807) is 42.6 Å².